The van der Waals surface area contributed by atoms with Gasteiger partial charge in [0.05, 0.1) is 12.1 Å². The van der Waals surface area contributed by atoms with Gasteiger partial charge in [-0.15, -0.1) is 11.3 Å². The summed E-state index contributed by atoms with van der Waals surface area (Å²) < 4.78 is 7.07. The van der Waals surface area contributed by atoms with Crippen LogP contribution in [0.4, 0.5) is 0 Å². The van der Waals surface area contributed by atoms with Crippen molar-refractivity contribution in [2.45, 2.75) is 25.9 Å². The van der Waals surface area contributed by atoms with E-state index in [2.05, 4.69) is 4.98 Å². The van der Waals surface area contributed by atoms with Gasteiger partial charge in [0.1, 0.15) is 5.60 Å². The summed E-state index contributed by atoms with van der Waals surface area (Å²) in [5, 5.41) is 1.97. The van der Waals surface area contributed by atoms with Gasteiger partial charge in [-0.05, 0) is 13.8 Å². The molecular weight excluding hydrogens is 224 g/mol. The molecule has 0 aliphatic heterocycles. The van der Waals surface area contributed by atoms with E-state index in [9.17, 15) is 4.79 Å². The Morgan fingerprint density at radius 1 is 1.62 bits per heavy atom. The third-order valence-corrected chi connectivity index (χ3v) is 3.44. The highest BCUT2D eigenvalue weighted by atomic mass is 32.1. The SMILES string of the molecule is COC(C)(C)C(=O)Cc1cn2ccsc2n1. The average Bonchev–Trinajstić information content (AvgIpc) is 2.77. The van der Waals surface area contributed by atoms with Crippen molar-refractivity contribution < 1.29 is 9.53 Å². The van der Waals surface area contributed by atoms with Crippen LogP contribution >= 0.6 is 11.3 Å². The van der Waals surface area contributed by atoms with E-state index >= 15 is 0 Å². The van der Waals surface area contributed by atoms with E-state index in [4.69, 9.17) is 4.74 Å². The summed E-state index contributed by atoms with van der Waals surface area (Å²) in [5.74, 6) is 0.0424. The van der Waals surface area contributed by atoms with Gasteiger partial charge in [0, 0.05) is 24.9 Å². The van der Waals surface area contributed by atoms with Gasteiger partial charge in [0.15, 0.2) is 10.7 Å². The molecule has 0 bridgehead atoms. The molecule has 2 rings (SSSR count). The highest BCUT2D eigenvalue weighted by molar-refractivity contribution is 7.15. The number of imidazole rings is 1. The number of aromatic nitrogens is 2. The van der Waals surface area contributed by atoms with Crippen LogP contribution in [0.25, 0.3) is 4.96 Å². The molecule has 0 fully saturated rings. The molecule has 0 unspecified atom stereocenters. The van der Waals surface area contributed by atoms with E-state index in [0.29, 0.717) is 6.42 Å². The molecule has 4 nitrogen and oxygen atoms in total. The Balaban J connectivity index is 2.16. The van der Waals surface area contributed by atoms with Crippen molar-refractivity contribution in [1.82, 2.24) is 9.38 Å². The lowest BCUT2D eigenvalue weighted by Gasteiger charge is -2.20. The van der Waals surface area contributed by atoms with Gasteiger partial charge in [0.25, 0.3) is 0 Å². The van der Waals surface area contributed by atoms with Crippen LogP contribution in [0.5, 0.6) is 0 Å². The largest absolute Gasteiger partial charge is 0.371 e. The molecule has 0 radical (unpaired) electrons. The zero-order valence-corrected chi connectivity index (χ0v) is 10.4. The van der Waals surface area contributed by atoms with Gasteiger partial charge >= 0.3 is 0 Å². The van der Waals surface area contributed by atoms with Crippen molar-refractivity contribution in [2.75, 3.05) is 7.11 Å². The number of Topliss-reactive ketones (excluding diaryl/α,β-unsaturated/α-hetero) is 1. The fraction of sp³-hybridized carbons (Fsp3) is 0.455. The summed E-state index contributed by atoms with van der Waals surface area (Å²) in [6.45, 7) is 3.54. The Labute approximate surface area is 97.9 Å². The summed E-state index contributed by atoms with van der Waals surface area (Å²) in [4.78, 5) is 17.2. The van der Waals surface area contributed by atoms with Gasteiger partial charge in [-0.25, -0.2) is 4.98 Å². The van der Waals surface area contributed by atoms with E-state index in [-0.39, 0.29) is 5.78 Å². The maximum Gasteiger partial charge on any atom is 0.193 e. The number of ether oxygens (including phenoxy) is 1. The topological polar surface area (TPSA) is 43.6 Å². The summed E-state index contributed by atoms with van der Waals surface area (Å²) in [6.07, 6.45) is 4.13. The lowest BCUT2D eigenvalue weighted by molar-refractivity contribution is -0.136. The first kappa shape index (κ1) is 11.3. The Morgan fingerprint density at radius 2 is 2.38 bits per heavy atom. The smallest absolute Gasteiger partial charge is 0.193 e. The molecule has 16 heavy (non-hydrogen) atoms. The number of rotatable bonds is 4. The highest BCUT2D eigenvalue weighted by Gasteiger charge is 2.27. The van der Waals surface area contributed by atoms with Crippen molar-refractivity contribution in [3.8, 4) is 0 Å². The zero-order valence-electron chi connectivity index (χ0n) is 9.56. The highest BCUT2D eigenvalue weighted by Crippen LogP contribution is 2.15. The number of thiazole rings is 1. The first-order chi connectivity index (χ1) is 7.53. The lowest BCUT2D eigenvalue weighted by Crippen LogP contribution is -2.35. The van der Waals surface area contributed by atoms with E-state index in [1.54, 1.807) is 32.3 Å². The fourth-order valence-electron chi connectivity index (χ4n) is 1.35. The molecule has 0 atom stereocenters. The monoisotopic (exact) mass is 238 g/mol. The van der Waals surface area contributed by atoms with E-state index in [1.807, 2.05) is 22.2 Å². The van der Waals surface area contributed by atoms with Crippen molar-refractivity contribution in [2.24, 2.45) is 0 Å². The van der Waals surface area contributed by atoms with Crippen LogP contribution < -0.4 is 0 Å². The zero-order chi connectivity index (χ0) is 11.8. The van der Waals surface area contributed by atoms with Gasteiger partial charge in [-0.2, -0.15) is 0 Å². The van der Waals surface area contributed by atoms with Crippen LogP contribution in [-0.2, 0) is 16.0 Å². The molecule has 2 heterocycles. The molecule has 0 spiro atoms. The van der Waals surface area contributed by atoms with Crippen LogP contribution in [0.2, 0.25) is 0 Å². The molecular formula is C11H14N2O2S. The second-order valence-electron chi connectivity index (χ2n) is 4.14. The number of carbonyl (C=O) groups is 1. The third-order valence-electron chi connectivity index (χ3n) is 2.67. The molecule has 0 N–H and O–H groups in total. The van der Waals surface area contributed by atoms with Crippen LogP contribution in [0.3, 0.4) is 0 Å². The maximum absolute atomic E-state index is 11.9. The Hall–Kier alpha value is -1.20. The molecule has 5 heteroatoms. The number of nitrogens with zero attached hydrogens (tertiary/aromatic N) is 2. The molecule has 0 aliphatic rings. The number of carbonyl (C=O) groups excluding carboxylic acids is 1. The summed E-state index contributed by atoms with van der Waals surface area (Å²) in [5.41, 5.74) is 0.0544. The average molecular weight is 238 g/mol. The number of hydrogen-bond donors (Lipinski definition) is 0. The van der Waals surface area contributed by atoms with Crippen molar-refractivity contribution in [1.29, 1.82) is 0 Å². The normalized spacial score (nSPS) is 12.2. The molecule has 0 saturated carbocycles. The molecule has 86 valence electrons. The first-order valence-corrected chi connectivity index (χ1v) is 5.90. The second-order valence-corrected chi connectivity index (χ2v) is 5.01. The van der Waals surface area contributed by atoms with Gasteiger partial charge in [-0.1, -0.05) is 0 Å². The van der Waals surface area contributed by atoms with E-state index < -0.39 is 5.60 Å². The predicted octanol–water partition coefficient (Wildman–Crippen LogP) is 1.93. The van der Waals surface area contributed by atoms with E-state index in [0.717, 1.165) is 10.7 Å². The molecule has 0 saturated heterocycles. The van der Waals surface area contributed by atoms with Crippen LogP contribution in [0.15, 0.2) is 17.8 Å². The number of ketones is 1. The van der Waals surface area contributed by atoms with Crippen LogP contribution in [-0.4, -0.2) is 27.9 Å². The number of hydrogen-bond acceptors (Lipinski definition) is 4. The van der Waals surface area contributed by atoms with Gasteiger partial charge < -0.3 is 4.74 Å². The summed E-state index contributed by atoms with van der Waals surface area (Å²) in [6, 6.07) is 0. The molecule has 0 aromatic carbocycles. The quantitative estimate of drug-likeness (QED) is 0.817. The minimum absolute atomic E-state index is 0.0424. The Morgan fingerprint density at radius 3 is 3.00 bits per heavy atom. The van der Waals surface area contributed by atoms with Crippen LogP contribution in [0, 0.1) is 0 Å². The Kier molecular flexibility index (Phi) is 2.82. The standard InChI is InChI=1S/C11H14N2O2S/c1-11(2,15-3)9(14)6-8-7-13-4-5-16-10(13)12-8/h4-5,7H,6H2,1-3H3. The van der Waals surface area contributed by atoms with Crippen molar-refractivity contribution in [3.05, 3.63) is 23.5 Å². The number of methoxy groups -OCH3 is 1. The molecule has 2 aromatic heterocycles. The van der Waals surface area contributed by atoms with E-state index in [1.165, 1.54) is 0 Å². The predicted molar refractivity (Wildman–Crippen MR) is 62.9 cm³/mol. The maximum atomic E-state index is 11.9. The molecule has 0 aliphatic carbocycles. The lowest BCUT2D eigenvalue weighted by atomic mass is 10.00. The molecule has 2 aromatic rings. The molecule has 0 amide bonds. The minimum Gasteiger partial charge on any atom is -0.371 e. The minimum atomic E-state index is -0.739. The second kappa shape index (κ2) is 3.99. The number of fused-ring (bicyclic) bond motifs is 1. The Bertz CT molecular complexity index is 484. The summed E-state index contributed by atoms with van der Waals surface area (Å²) in [7, 11) is 1.55. The fourth-order valence-corrected chi connectivity index (χ4v) is 2.07. The summed E-state index contributed by atoms with van der Waals surface area (Å²) >= 11 is 1.56. The third kappa shape index (κ3) is 2.01. The van der Waals surface area contributed by atoms with Crippen LogP contribution in [0.1, 0.15) is 19.5 Å². The van der Waals surface area contributed by atoms with Crippen molar-refractivity contribution in [3.63, 3.8) is 0 Å². The van der Waals surface area contributed by atoms with Crippen molar-refractivity contribution >= 4 is 22.1 Å². The first-order valence-electron chi connectivity index (χ1n) is 5.02. The van der Waals surface area contributed by atoms with Gasteiger partial charge in [-0.3, -0.25) is 9.20 Å². The van der Waals surface area contributed by atoms with Gasteiger partial charge in [0.2, 0.25) is 0 Å².